The number of carbonyl (C=O) groups excluding carboxylic acids is 1. The lowest BCUT2D eigenvalue weighted by Crippen LogP contribution is -2.15. The van der Waals surface area contributed by atoms with Crippen LogP contribution < -0.4 is 0 Å². The fourth-order valence-corrected chi connectivity index (χ4v) is 2.20. The summed E-state index contributed by atoms with van der Waals surface area (Å²) in [7, 11) is 0. The smallest absolute Gasteiger partial charge is 0.294 e. The van der Waals surface area contributed by atoms with Crippen molar-refractivity contribution in [2.75, 3.05) is 0 Å². The summed E-state index contributed by atoms with van der Waals surface area (Å²) in [5.74, 6) is -0.614. The third-order valence-electron chi connectivity index (χ3n) is 2.74. The van der Waals surface area contributed by atoms with Crippen LogP contribution in [0.1, 0.15) is 21.5 Å². The molecule has 0 spiro atoms. The number of benzene rings is 1. The Kier molecular flexibility index (Phi) is 4.23. The molecule has 2 aromatic rings. The molecule has 104 valence electrons. The molecule has 0 atom stereocenters. The van der Waals surface area contributed by atoms with Gasteiger partial charge in [-0.15, -0.1) is 0 Å². The molecule has 2 nitrogen and oxygen atoms in total. The molecule has 0 aliphatic rings. The predicted octanol–water partition coefficient (Wildman–Crippen LogP) is 4.29. The Labute approximate surface area is 121 Å². The molecule has 1 heterocycles. The lowest BCUT2D eigenvalue weighted by atomic mass is 10.0. The molecular formula is C14H9BrF3NO. The summed E-state index contributed by atoms with van der Waals surface area (Å²) in [6.07, 6.45) is -2.70. The van der Waals surface area contributed by atoms with Crippen LogP contribution in [-0.2, 0) is 12.6 Å². The van der Waals surface area contributed by atoms with Crippen molar-refractivity contribution in [1.29, 1.82) is 0 Å². The average molecular weight is 344 g/mol. The van der Waals surface area contributed by atoms with Crippen molar-refractivity contribution in [2.24, 2.45) is 0 Å². The van der Waals surface area contributed by atoms with Gasteiger partial charge in [-0.05, 0) is 17.7 Å². The molecule has 20 heavy (non-hydrogen) atoms. The van der Waals surface area contributed by atoms with E-state index in [0.29, 0.717) is 10.0 Å². The molecule has 0 radical (unpaired) electrons. The maximum absolute atomic E-state index is 12.8. The average Bonchev–Trinajstić information content (AvgIpc) is 2.40. The third kappa shape index (κ3) is 3.25. The number of nitrogens with zero attached hydrogens (tertiary/aromatic N) is 1. The standard InChI is InChI=1S/C14H9BrF3NO/c15-12-4-2-1-3-9(12)7-13(20)10-8-19-6-5-11(10)14(16,17)18/h1-6,8H,7H2. The molecule has 6 heteroatoms. The number of hydrogen-bond acceptors (Lipinski definition) is 2. The highest BCUT2D eigenvalue weighted by Gasteiger charge is 2.35. The fourth-order valence-electron chi connectivity index (χ4n) is 1.77. The van der Waals surface area contributed by atoms with Crippen LogP contribution >= 0.6 is 15.9 Å². The molecule has 1 aromatic carbocycles. The molecule has 0 saturated heterocycles. The summed E-state index contributed by atoms with van der Waals surface area (Å²) >= 11 is 3.27. The van der Waals surface area contributed by atoms with Crippen molar-refractivity contribution >= 4 is 21.7 Å². The number of rotatable bonds is 3. The number of Topliss-reactive ketones (excluding diaryl/α,β-unsaturated/α-hetero) is 1. The van der Waals surface area contributed by atoms with Gasteiger partial charge >= 0.3 is 6.18 Å². The number of aromatic nitrogens is 1. The van der Waals surface area contributed by atoms with Crippen LogP contribution in [0, 0.1) is 0 Å². The first-order valence-electron chi connectivity index (χ1n) is 5.67. The largest absolute Gasteiger partial charge is 0.417 e. The number of carbonyl (C=O) groups is 1. The van der Waals surface area contributed by atoms with E-state index in [4.69, 9.17) is 0 Å². The SMILES string of the molecule is O=C(Cc1ccccc1Br)c1cnccc1C(F)(F)F. The number of hydrogen-bond donors (Lipinski definition) is 0. The Morgan fingerprint density at radius 1 is 1.20 bits per heavy atom. The second-order valence-corrected chi connectivity index (χ2v) is 4.96. The second kappa shape index (κ2) is 5.75. The van der Waals surface area contributed by atoms with Gasteiger partial charge in [0.15, 0.2) is 5.78 Å². The molecular weight excluding hydrogens is 335 g/mol. The summed E-state index contributed by atoms with van der Waals surface area (Å²) in [6, 6.07) is 7.72. The highest BCUT2D eigenvalue weighted by molar-refractivity contribution is 9.10. The topological polar surface area (TPSA) is 30.0 Å². The van der Waals surface area contributed by atoms with Crippen LogP contribution in [0.2, 0.25) is 0 Å². The van der Waals surface area contributed by atoms with E-state index in [1.54, 1.807) is 24.3 Å². The Morgan fingerprint density at radius 3 is 2.55 bits per heavy atom. The predicted molar refractivity (Wildman–Crippen MR) is 71.4 cm³/mol. The van der Waals surface area contributed by atoms with Gasteiger partial charge < -0.3 is 0 Å². The molecule has 0 N–H and O–H groups in total. The molecule has 0 aliphatic heterocycles. The van der Waals surface area contributed by atoms with Crippen LogP contribution in [0.15, 0.2) is 47.2 Å². The molecule has 1 aromatic heterocycles. The molecule has 0 bridgehead atoms. The zero-order valence-corrected chi connectivity index (χ0v) is 11.7. The van der Waals surface area contributed by atoms with Gasteiger partial charge in [0.05, 0.1) is 5.56 Å². The molecule has 0 amide bonds. The van der Waals surface area contributed by atoms with E-state index in [2.05, 4.69) is 20.9 Å². The van der Waals surface area contributed by atoms with Crippen molar-refractivity contribution in [3.63, 3.8) is 0 Å². The van der Waals surface area contributed by atoms with Crippen molar-refractivity contribution in [1.82, 2.24) is 4.98 Å². The van der Waals surface area contributed by atoms with Gasteiger partial charge in [0.1, 0.15) is 0 Å². The number of alkyl halides is 3. The van der Waals surface area contributed by atoms with Gasteiger partial charge in [-0.25, -0.2) is 0 Å². The Bertz CT molecular complexity index is 640. The van der Waals surface area contributed by atoms with Crippen LogP contribution in [0.25, 0.3) is 0 Å². The molecule has 0 fully saturated rings. The lowest BCUT2D eigenvalue weighted by Gasteiger charge is -2.11. The Balaban J connectivity index is 2.34. The Hall–Kier alpha value is -1.69. The van der Waals surface area contributed by atoms with E-state index >= 15 is 0 Å². The van der Waals surface area contributed by atoms with Gasteiger partial charge in [0, 0.05) is 28.9 Å². The molecule has 0 aliphatic carbocycles. The van der Waals surface area contributed by atoms with E-state index in [1.165, 1.54) is 0 Å². The maximum atomic E-state index is 12.8. The fraction of sp³-hybridized carbons (Fsp3) is 0.143. The van der Waals surface area contributed by atoms with E-state index < -0.39 is 23.1 Å². The monoisotopic (exact) mass is 343 g/mol. The first-order valence-corrected chi connectivity index (χ1v) is 6.46. The van der Waals surface area contributed by atoms with Crippen molar-refractivity contribution in [2.45, 2.75) is 12.6 Å². The zero-order valence-electron chi connectivity index (χ0n) is 10.1. The summed E-state index contributed by atoms with van der Waals surface area (Å²) < 4.78 is 39.2. The minimum atomic E-state index is -4.57. The van der Waals surface area contributed by atoms with Crippen molar-refractivity contribution in [3.05, 3.63) is 63.9 Å². The maximum Gasteiger partial charge on any atom is 0.417 e. The van der Waals surface area contributed by atoms with Gasteiger partial charge in [-0.1, -0.05) is 34.1 Å². The minimum Gasteiger partial charge on any atom is -0.294 e. The van der Waals surface area contributed by atoms with Gasteiger partial charge in [-0.3, -0.25) is 9.78 Å². The zero-order chi connectivity index (χ0) is 14.8. The third-order valence-corrected chi connectivity index (χ3v) is 3.51. The van der Waals surface area contributed by atoms with Gasteiger partial charge in [0.2, 0.25) is 0 Å². The normalized spacial score (nSPS) is 11.4. The molecule has 0 unspecified atom stereocenters. The van der Waals surface area contributed by atoms with Crippen molar-refractivity contribution in [3.8, 4) is 0 Å². The number of halogens is 4. The second-order valence-electron chi connectivity index (χ2n) is 4.11. The minimum absolute atomic E-state index is 0.115. The van der Waals surface area contributed by atoms with E-state index in [1.807, 2.05) is 0 Å². The van der Waals surface area contributed by atoms with E-state index in [9.17, 15) is 18.0 Å². The Morgan fingerprint density at radius 2 is 1.90 bits per heavy atom. The summed E-state index contributed by atoms with van der Waals surface area (Å²) in [5, 5.41) is 0. The van der Waals surface area contributed by atoms with Gasteiger partial charge in [-0.2, -0.15) is 13.2 Å². The number of pyridine rings is 1. The van der Waals surface area contributed by atoms with E-state index in [-0.39, 0.29) is 6.42 Å². The van der Waals surface area contributed by atoms with Crippen LogP contribution in [-0.4, -0.2) is 10.8 Å². The summed E-state index contributed by atoms with van der Waals surface area (Å²) in [4.78, 5) is 15.7. The van der Waals surface area contributed by atoms with Crippen LogP contribution in [0.5, 0.6) is 0 Å². The lowest BCUT2D eigenvalue weighted by molar-refractivity contribution is -0.138. The van der Waals surface area contributed by atoms with E-state index in [0.717, 1.165) is 18.5 Å². The highest BCUT2D eigenvalue weighted by atomic mass is 79.9. The summed E-state index contributed by atoms with van der Waals surface area (Å²) in [6.45, 7) is 0. The summed E-state index contributed by atoms with van der Waals surface area (Å²) in [5.41, 5.74) is -0.727. The molecule has 0 saturated carbocycles. The number of ketones is 1. The van der Waals surface area contributed by atoms with Gasteiger partial charge in [0.25, 0.3) is 0 Å². The first-order chi connectivity index (χ1) is 9.39. The first kappa shape index (κ1) is 14.7. The van der Waals surface area contributed by atoms with Crippen molar-refractivity contribution < 1.29 is 18.0 Å². The quantitative estimate of drug-likeness (QED) is 0.778. The van der Waals surface area contributed by atoms with Crippen LogP contribution in [0.4, 0.5) is 13.2 Å². The highest BCUT2D eigenvalue weighted by Crippen LogP contribution is 2.32. The molecule has 2 rings (SSSR count). The van der Waals surface area contributed by atoms with Crippen LogP contribution in [0.3, 0.4) is 0 Å².